The van der Waals surface area contributed by atoms with Gasteiger partial charge in [0.05, 0.1) is 12.8 Å². The quantitative estimate of drug-likeness (QED) is 0.924. The molecular formula is C19H22N4O2. The van der Waals surface area contributed by atoms with Crippen molar-refractivity contribution in [1.82, 2.24) is 20.2 Å². The third kappa shape index (κ3) is 3.22. The van der Waals surface area contributed by atoms with Gasteiger partial charge < -0.3 is 15.0 Å². The van der Waals surface area contributed by atoms with E-state index < -0.39 is 0 Å². The predicted octanol–water partition coefficient (Wildman–Crippen LogP) is 1.76. The van der Waals surface area contributed by atoms with Gasteiger partial charge in [0.25, 0.3) is 5.91 Å². The molecule has 1 aromatic heterocycles. The van der Waals surface area contributed by atoms with Crippen molar-refractivity contribution in [1.29, 1.82) is 0 Å². The van der Waals surface area contributed by atoms with Gasteiger partial charge in [-0.3, -0.25) is 4.79 Å². The lowest BCUT2D eigenvalue weighted by molar-refractivity contribution is 0.0732. The highest BCUT2D eigenvalue weighted by molar-refractivity contribution is 5.94. The first-order chi connectivity index (χ1) is 12.2. The molecule has 1 unspecified atom stereocenters. The standard InChI is InChI=1S/C19H22N4O2/c1-25-16-4-2-3-13(9-16)19(24)23-8-6-17-15(12-23)11-21-18(22-17)14-5-7-20-10-14/h2-4,9,11,14,20H,5-8,10,12H2,1H3. The van der Waals surface area contributed by atoms with E-state index in [-0.39, 0.29) is 5.91 Å². The van der Waals surface area contributed by atoms with E-state index in [2.05, 4.69) is 10.3 Å². The average molecular weight is 338 g/mol. The number of methoxy groups -OCH3 is 1. The Labute approximate surface area is 147 Å². The van der Waals surface area contributed by atoms with Gasteiger partial charge in [0.15, 0.2) is 0 Å². The highest BCUT2D eigenvalue weighted by atomic mass is 16.5. The molecule has 0 radical (unpaired) electrons. The summed E-state index contributed by atoms with van der Waals surface area (Å²) in [5.74, 6) is 2.08. The fraction of sp³-hybridized carbons (Fsp3) is 0.421. The van der Waals surface area contributed by atoms with E-state index in [0.29, 0.717) is 30.3 Å². The van der Waals surface area contributed by atoms with Gasteiger partial charge in [-0.15, -0.1) is 0 Å². The fourth-order valence-corrected chi connectivity index (χ4v) is 3.52. The Morgan fingerprint density at radius 3 is 3.12 bits per heavy atom. The summed E-state index contributed by atoms with van der Waals surface area (Å²) < 4.78 is 5.21. The molecular weight excluding hydrogens is 316 g/mol. The van der Waals surface area contributed by atoms with Gasteiger partial charge in [-0.1, -0.05) is 6.07 Å². The SMILES string of the molecule is COc1cccc(C(=O)N2CCc3nc(C4CCNC4)ncc3C2)c1. The van der Waals surface area contributed by atoms with Crippen LogP contribution in [0.25, 0.3) is 0 Å². The molecule has 130 valence electrons. The van der Waals surface area contributed by atoms with Crippen molar-refractivity contribution in [2.24, 2.45) is 0 Å². The average Bonchev–Trinajstić information content (AvgIpc) is 3.21. The molecule has 3 heterocycles. The van der Waals surface area contributed by atoms with E-state index in [1.165, 1.54) is 0 Å². The second-order valence-corrected chi connectivity index (χ2v) is 6.60. The first-order valence-electron chi connectivity index (χ1n) is 8.73. The fourth-order valence-electron chi connectivity index (χ4n) is 3.52. The van der Waals surface area contributed by atoms with Crippen molar-refractivity contribution in [2.75, 3.05) is 26.7 Å². The van der Waals surface area contributed by atoms with Crippen LogP contribution in [0.2, 0.25) is 0 Å². The molecule has 0 spiro atoms. The van der Waals surface area contributed by atoms with Crippen molar-refractivity contribution in [3.8, 4) is 5.75 Å². The normalized spacial score (nSPS) is 19.6. The molecule has 1 saturated heterocycles. The van der Waals surface area contributed by atoms with Crippen LogP contribution in [0.4, 0.5) is 0 Å². The molecule has 2 aliphatic heterocycles. The third-order valence-electron chi connectivity index (χ3n) is 4.98. The topological polar surface area (TPSA) is 67.3 Å². The smallest absolute Gasteiger partial charge is 0.254 e. The maximum Gasteiger partial charge on any atom is 0.254 e. The Balaban J connectivity index is 1.51. The second kappa shape index (κ2) is 6.80. The third-order valence-corrected chi connectivity index (χ3v) is 4.98. The maximum absolute atomic E-state index is 12.8. The second-order valence-electron chi connectivity index (χ2n) is 6.60. The highest BCUT2D eigenvalue weighted by Crippen LogP contribution is 2.24. The Kier molecular flexibility index (Phi) is 4.36. The summed E-state index contributed by atoms with van der Waals surface area (Å²) >= 11 is 0. The first kappa shape index (κ1) is 16.0. The largest absolute Gasteiger partial charge is 0.497 e. The molecule has 1 aromatic carbocycles. The van der Waals surface area contributed by atoms with E-state index in [0.717, 1.165) is 43.0 Å². The molecule has 4 rings (SSSR count). The lowest BCUT2D eigenvalue weighted by atomic mass is 10.0. The van der Waals surface area contributed by atoms with Gasteiger partial charge in [0, 0.05) is 49.3 Å². The lowest BCUT2D eigenvalue weighted by Gasteiger charge is -2.28. The zero-order valence-corrected chi connectivity index (χ0v) is 14.4. The van der Waals surface area contributed by atoms with Crippen molar-refractivity contribution >= 4 is 5.91 Å². The van der Waals surface area contributed by atoms with Crippen LogP contribution in [0.15, 0.2) is 30.5 Å². The number of benzene rings is 1. The summed E-state index contributed by atoms with van der Waals surface area (Å²) in [6.45, 7) is 3.24. The summed E-state index contributed by atoms with van der Waals surface area (Å²) in [6.07, 6.45) is 3.78. The van der Waals surface area contributed by atoms with Gasteiger partial charge >= 0.3 is 0 Å². The van der Waals surface area contributed by atoms with E-state index in [1.807, 2.05) is 29.3 Å². The van der Waals surface area contributed by atoms with E-state index >= 15 is 0 Å². The Hall–Kier alpha value is -2.47. The number of ether oxygens (including phenoxy) is 1. The van der Waals surface area contributed by atoms with Crippen LogP contribution in [0.1, 0.15) is 39.8 Å². The van der Waals surface area contributed by atoms with Crippen molar-refractivity contribution in [3.63, 3.8) is 0 Å². The number of hydrogen-bond acceptors (Lipinski definition) is 5. The maximum atomic E-state index is 12.8. The van der Waals surface area contributed by atoms with Crippen molar-refractivity contribution in [2.45, 2.75) is 25.3 Å². The van der Waals surface area contributed by atoms with Gasteiger partial charge in [-0.05, 0) is 31.2 Å². The summed E-state index contributed by atoms with van der Waals surface area (Å²) in [6, 6.07) is 7.29. The summed E-state index contributed by atoms with van der Waals surface area (Å²) in [7, 11) is 1.61. The van der Waals surface area contributed by atoms with Gasteiger partial charge in [-0.25, -0.2) is 9.97 Å². The van der Waals surface area contributed by atoms with Crippen molar-refractivity contribution in [3.05, 3.63) is 53.1 Å². The number of fused-ring (bicyclic) bond motifs is 1. The zero-order chi connectivity index (χ0) is 17.2. The molecule has 0 saturated carbocycles. The van der Waals surface area contributed by atoms with E-state index in [4.69, 9.17) is 9.72 Å². The number of nitrogens with zero attached hydrogens (tertiary/aromatic N) is 3. The Morgan fingerprint density at radius 2 is 2.32 bits per heavy atom. The minimum Gasteiger partial charge on any atom is -0.497 e. The number of aromatic nitrogens is 2. The molecule has 1 N–H and O–H groups in total. The number of carbonyl (C=O) groups excluding carboxylic acids is 1. The molecule has 0 bridgehead atoms. The molecule has 1 atom stereocenters. The van der Waals surface area contributed by atoms with Crippen molar-refractivity contribution < 1.29 is 9.53 Å². The molecule has 2 aromatic rings. The Morgan fingerprint density at radius 1 is 1.40 bits per heavy atom. The van der Waals surface area contributed by atoms with Crippen LogP contribution < -0.4 is 10.1 Å². The number of nitrogens with one attached hydrogen (secondary N) is 1. The van der Waals surface area contributed by atoms with Crippen LogP contribution in [-0.4, -0.2) is 47.5 Å². The van der Waals surface area contributed by atoms with Crippen LogP contribution in [0.3, 0.4) is 0 Å². The molecule has 25 heavy (non-hydrogen) atoms. The first-order valence-corrected chi connectivity index (χ1v) is 8.73. The molecule has 0 aliphatic carbocycles. The number of amides is 1. The zero-order valence-electron chi connectivity index (χ0n) is 14.4. The monoisotopic (exact) mass is 338 g/mol. The minimum absolute atomic E-state index is 0.0219. The molecule has 6 nitrogen and oxygen atoms in total. The summed E-state index contributed by atoms with van der Waals surface area (Å²) in [5, 5.41) is 3.36. The lowest BCUT2D eigenvalue weighted by Crippen LogP contribution is -2.36. The summed E-state index contributed by atoms with van der Waals surface area (Å²) in [4.78, 5) is 24.0. The van der Waals surface area contributed by atoms with Gasteiger partial charge in [0.1, 0.15) is 11.6 Å². The predicted molar refractivity (Wildman–Crippen MR) is 93.7 cm³/mol. The summed E-state index contributed by atoms with van der Waals surface area (Å²) in [5.41, 5.74) is 2.79. The van der Waals surface area contributed by atoms with Crippen LogP contribution >= 0.6 is 0 Å². The van der Waals surface area contributed by atoms with Crippen LogP contribution in [0.5, 0.6) is 5.75 Å². The molecule has 2 aliphatic rings. The molecule has 6 heteroatoms. The molecule has 1 fully saturated rings. The number of hydrogen-bond donors (Lipinski definition) is 1. The van der Waals surface area contributed by atoms with Crippen LogP contribution in [-0.2, 0) is 13.0 Å². The number of carbonyl (C=O) groups is 1. The van der Waals surface area contributed by atoms with Crippen LogP contribution in [0, 0.1) is 0 Å². The van der Waals surface area contributed by atoms with Gasteiger partial charge in [-0.2, -0.15) is 0 Å². The minimum atomic E-state index is 0.0219. The molecule has 1 amide bonds. The number of rotatable bonds is 3. The Bertz CT molecular complexity index is 787. The van der Waals surface area contributed by atoms with E-state index in [1.54, 1.807) is 13.2 Å². The van der Waals surface area contributed by atoms with Gasteiger partial charge in [0.2, 0.25) is 0 Å². The highest BCUT2D eigenvalue weighted by Gasteiger charge is 2.25. The van der Waals surface area contributed by atoms with E-state index in [9.17, 15) is 4.79 Å².